The van der Waals surface area contributed by atoms with Gasteiger partial charge in [-0.3, -0.25) is 9.36 Å². The van der Waals surface area contributed by atoms with E-state index >= 15 is 0 Å². The molecular weight excluding hydrogens is 333 g/mol. The zero-order chi connectivity index (χ0) is 12.6. The molecule has 88 valence electrons. The van der Waals surface area contributed by atoms with E-state index in [1.807, 2.05) is 24.3 Å². The smallest absolute Gasteiger partial charge is 0.356 e. The number of hydrogen-bond donors (Lipinski definition) is 0. The van der Waals surface area contributed by atoms with E-state index in [9.17, 15) is 9.59 Å². The lowest BCUT2D eigenvalue weighted by atomic mass is 10.2. The monoisotopic (exact) mass is 343 g/mol. The molecule has 0 atom stereocenters. The van der Waals surface area contributed by atoms with Gasteiger partial charge in [-0.1, -0.05) is 18.2 Å². The summed E-state index contributed by atoms with van der Waals surface area (Å²) in [5.41, 5.74) is 1.02. The summed E-state index contributed by atoms with van der Waals surface area (Å²) < 4.78 is 6.85. The lowest BCUT2D eigenvalue weighted by Crippen LogP contribution is -2.16. The summed E-state index contributed by atoms with van der Waals surface area (Å²) in [6.45, 7) is 1.43. The van der Waals surface area contributed by atoms with Crippen LogP contribution in [0.5, 0.6) is 0 Å². The first-order chi connectivity index (χ1) is 8.07. The summed E-state index contributed by atoms with van der Waals surface area (Å²) in [5, 5.41) is 0.878. The minimum absolute atomic E-state index is 0.204. The fourth-order valence-electron chi connectivity index (χ4n) is 1.81. The topological polar surface area (TPSA) is 48.3 Å². The average Bonchev–Trinajstić information content (AvgIpc) is 2.62. The van der Waals surface area contributed by atoms with Gasteiger partial charge in [-0.05, 0) is 28.7 Å². The van der Waals surface area contributed by atoms with Crippen LogP contribution >= 0.6 is 22.6 Å². The third-order valence-corrected chi connectivity index (χ3v) is 3.60. The molecule has 2 aromatic rings. The van der Waals surface area contributed by atoms with Gasteiger partial charge in [0, 0.05) is 12.3 Å². The van der Waals surface area contributed by atoms with Crippen molar-refractivity contribution in [3.63, 3.8) is 0 Å². The van der Waals surface area contributed by atoms with E-state index in [1.165, 1.54) is 18.6 Å². The van der Waals surface area contributed by atoms with E-state index < -0.39 is 5.97 Å². The van der Waals surface area contributed by atoms with E-state index in [2.05, 4.69) is 22.6 Å². The number of aromatic nitrogens is 1. The molecule has 0 radical (unpaired) electrons. The number of para-hydroxylation sites is 1. The lowest BCUT2D eigenvalue weighted by Gasteiger charge is -2.04. The highest BCUT2D eigenvalue weighted by Gasteiger charge is 2.23. The SMILES string of the molecule is COC(=O)c1c(I)c2ccccc2n1C(C)=O. The molecule has 0 unspecified atom stereocenters. The third kappa shape index (κ3) is 1.84. The van der Waals surface area contributed by atoms with Crippen molar-refractivity contribution in [1.82, 2.24) is 4.57 Å². The van der Waals surface area contributed by atoms with Gasteiger partial charge in [0.05, 0.1) is 16.2 Å². The first kappa shape index (κ1) is 12.1. The molecule has 1 heterocycles. The van der Waals surface area contributed by atoms with E-state index in [0.29, 0.717) is 5.69 Å². The number of halogens is 1. The number of ether oxygens (including phenoxy) is 1. The molecular formula is C12H10INO3. The quantitative estimate of drug-likeness (QED) is 0.591. The van der Waals surface area contributed by atoms with Crippen LogP contribution in [-0.4, -0.2) is 23.6 Å². The number of methoxy groups -OCH3 is 1. The maximum atomic E-state index is 11.7. The average molecular weight is 343 g/mol. The fraction of sp³-hybridized carbons (Fsp3) is 0.167. The Labute approximate surface area is 112 Å². The Hall–Kier alpha value is -1.37. The Kier molecular flexibility index (Phi) is 3.19. The molecule has 17 heavy (non-hydrogen) atoms. The molecule has 0 aliphatic carbocycles. The molecule has 5 heteroatoms. The predicted molar refractivity (Wildman–Crippen MR) is 72.3 cm³/mol. The molecule has 0 aliphatic rings. The van der Waals surface area contributed by atoms with Crippen LogP contribution in [-0.2, 0) is 4.74 Å². The second-order valence-corrected chi connectivity index (χ2v) is 4.60. The number of carbonyl (C=O) groups excluding carboxylic acids is 2. The molecule has 2 rings (SSSR count). The second-order valence-electron chi connectivity index (χ2n) is 3.53. The van der Waals surface area contributed by atoms with Crippen molar-refractivity contribution >= 4 is 45.4 Å². The van der Waals surface area contributed by atoms with Gasteiger partial charge < -0.3 is 4.74 Å². The van der Waals surface area contributed by atoms with Crippen LogP contribution in [0.3, 0.4) is 0 Å². The molecule has 0 amide bonds. The van der Waals surface area contributed by atoms with Crippen molar-refractivity contribution in [3.8, 4) is 0 Å². The molecule has 1 aromatic carbocycles. The molecule has 0 bridgehead atoms. The molecule has 0 saturated heterocycles. The van der Waals surface area contributed by atoms with Crippen LogP contribution in [0.15, 0.2) is 24.3 Å². The summed E-state index contributed by atoms with van der Waals surface area (Å²) in [7, 11) is 1.31. The van der Waals surface area contributed by atoms with E-state index in [1.54, 1.807) is 0 Å². The largest absolute Gasteiger partial charge is 0.464 e. The van der Waals surface area contributed by atoms with Crippen molar-refractivity contribution in [3.05, 3.63) is 33.5 Å². The zero-order valence-corrected chi connectivity index (χ0v) is 11.5. The van der Waals surface area contributed by atoms with E-state index in [0.717, 1.165) is 14.5 Å². The predicted octanol–water partition coefficient (Wildman–Crippen LogP) is 2.69. The van der Waals surface area contributed by atoms with Gasteiger partial charge in [0.1, 0.15) is 5.69 Å². The maximum Gasteiger partial charge on any atom is 0.356 e. The molecule has 0 N–H and O–H groups in total. The number of carbonyl (C=O) groups is 2. The van der Waals surface area contributed by atoms with Gasteiger partial charge in [0.2, 0.25) is 5.91 Å². The Balaban J connectivity index is 2.90. The van der Waals surface area contributed by atoms with Crippen molar-refractivity contribution in [1.29, 1.82) is 0 Å². The summed E-state index contributed by atoms with van der Waals surface area (Å²) in [5.74, 6) is -0.703. The highest BCUT2D eigenvalue weighted by molar-refractivity contribution is 14.1. The molecule has 0 fully saturated rings. The van der Waals surface area contributed by atoms with Gasteiger partial charge in [-0.2, -0.15) is 0 Å². The summed E-state index contributed by atoms with van der Waals surface area (Å²) >= 11 is 2.06. The molecule has 4 nitrogen and oxygen atoms in total. The molecule has 1 aromatic heterocycles. The summed E-state index contributed by atoms with van der Waals surface area (Å²) in [4.78, 5) is 23.4. The first-order valence-electron chi connectivity index (χ1n) is 4.96. The normalized spacial score (nSPS) is 10.5. The molecule has 0 aliphatic heterocycles. The summed E-state index contributed by atoms with van der Waals surface area (Å²) in [6.07, 6.45) is 0. The number of esters is 1. The Morgan fingerprint density at radius 1 is 1.29 bits per heavy atom. The van der Waals surface area contributed by atoms with Gasteiger partial charge in [0.25, 0.3) is 0 Å². The van der Waals surface area contributed by atoms with Crippen molar-refractivity contribution in [2.24, 2.45) is 0 Å². The Bertz CT molecular complexity index is 615. The van der Waals surface area contributed by atoms with Gasteiger partial charge in [-0.15, -0.1) is 0 Å². The summed E-state index contributed by atoms with van der Waals surface area (Å²) in [6, 6.07) is 7.39. The van der Waals surface area contributed by atoms with Gasteiger partial charge in [0.15, 0.2) is 0 Å². The Morgan fingerprint density at radius 2 is 1.94 bits per heavy atom. The van der Waals surface area contributed by atoms with Gasteiger partial charge in [-0.25, -0.2) is 4.79 Å². The zero-order valence-electron chi connectivity index (χ0n) is 9.36. The number of hydrogen-bond acceptors (Lipinski definition) is 3. The number of rotatable bonds is 1. The number of nitrogens with zero attached hydrogens (tertiary/aromatic N) is 1. The third-order valence-electron chi connectivity index (χ3n) is 2.51. The van der Waals surface area contributed by atoms with Crippen molar-refractivity contribution in [2.75, 3.05) is 7.11 Å². The van der Waals surface area contributed by atoms with Crippen LogP contribution in [0.1, 0.15) is 22.2 Å². The van der Waals surface area contributed by atoms with Crippen LogP contribution < -0.4 is 0 Å². The van der Waals surface area contributed by atoms with Crippen LogP contribution in [0, 0.1) is 3.57 Å². The number of fused-ring (bicyclic) bond motifs is 1. The van der Waals surface area contributed by atoms with Crippen molar-refractivity contribution < 1.29 is 14.3 Å². The second kappa shape index (κ2) is 4.48. The van der Waals surface area contributed by atoms with Crippen molar-refractivity contribution in [2.45, 2.75) is 6.92 Å². The van der Waals surface area contributed by atoms with Crippen LogP contribution in [0.4, 0.5) is 0 Å². The van der Waals surface area contributed by atoms with E-state index in [-0.39, 0.29) is 5.91 Å². The molecule has 0 saturated carbocycles. The van der Waals surface area contributed by atoms with Crippen LogP contribution in [0.2, 0.25) is 0 Å². The standard InChI is InChI=1S/C12H10INO3/c1-7(15)14-9-6-4-3-5-8(9)10(13)11(14)12(16)17-2/h3-6H,1-2H3. The molecule has 0 spiro atoms. The Morgan fingerprint density at radius 3 is 2.53 bits per heavy atom. The first-order valence-corrected chi connectivity index (χ1v) is 6.04. The van der Waals surface area contributed by atoms with E-state index in [4.69, 9.17) is 4.74 Å². The minimum Gasteiger partial charge on any atom is -0.464 e. The highest BCUT2D eigenvalue weighted by Crippen LogP contribution is 2.28. The maximum absolute atomic E-state index is 11.7. The van der Waals surface area contributed by atoms with Gasteiger partial charge >= 0.3 is 5.97 Å². The lowest BCUT2D eigenvalue weighted by molar-refractivity contribution is 0.0581. The minimum atomic E-state index is -0.499. The number of benzene rings is 1. The van der Waals surface area contributed by atoms with Crippen LogP contribution in [0.25, 0.3) is 10.9 Å². The fourth-order valence-corrected chi connectivity index (χ4v) is 2.72. The highest BCUT2D eigenvalue weighted by atomic mass is 127.